The van der Waals surface area contributed by atoms with Crippen molar-refractivity contribution in [2.45, 2.75) is 13.2 Å². The fraction of sp³-hybridized carbons (Fsp3) is 0.200. The Morgan fingerprint density at radius 2 is 2.00 bits per heavy atom. The zero-order valence-corrected chi connectivity index (χ0v) is 17.7. The van der Waals surface area contributed by atoms with Crippen molar-refractivity contribution in [3.05, 3.63) is 63.1 Å². The van der Waals surface area contributed by atoms with Gasteiger partial charge in [-0.05, 0) is 35.9 Å². The molecule has 1 aliphatic rings. The van der Waals surface area contributed by atoms with Crippen LogP contribution < -0.4 is 20.1 Å². The Morgan fingerprint density at radius 3 is 2.87 bits per heavy atom. The van der Waals surface area contributed by atoms with Crippen molar-refractivity contribution in [1.29, 1.82) is 0 Å². The lowest BCUT2D eigenvalue weighted by Crippen LogP contribution is -2.27. The van der Waals surface area contributed by atoms with Crippen LogP contribution in [0.4, 0.5) is 5.69 Å². The number of aromatic nitrogens is 2. The van der Waals surface area contributed by atoms with Gasteiger partial charge in [0.1, 0.15) is 18.2 Å². The molecule has 0 unspecified atom stereocenters. The molecule has 0 saturated carbocycles. The van der Waals surface area contributed by atoms with E-state index < -0.39 is 5.91 Å². The number of nitrogens with one attached hydrogen (secondary N) is 2. The second kappa shape index (κ2) is 9.73. The third-order valence-corrected chi connectivity index (χ3v) is 5.26. The number of halogens is 1. The minimum atomic E-state index is -0.396. The molecular weight excluding hydrogens is 444 g/mol. The number of fused-ring (bicyclic) bond motifs is 1. The Labute approximate surface area is 186 Å². The lowest BCUT2D eigenvalue weighted by Gasteiger charge is -2.06. The summed E-state index contributed by atoms with van der Waals surface area (Å²) in [7, 11) is 0. The Balaban J connectivity index is 1.20. The number of amides is 2. The van der Waals surface area contributed by atoms with E-state index in [0.29, 0.717) is 33.8 Å². The second-order valence-electron chi connectivity index (χ2n) is 6.42. The van der Waals surface area contributed by atoms with E-state index in [2.05, 4.69) is 20.8 Å². The third kappa shape index (κ3) is 5.69. The normalized spacial score (nSPS) is 11.9. The number of nitrogens with zero attached hydrogens (tertiary/aromatic N) is 2. The van der Waals surface area contributed by atoms with E-state index >= 15 is 0 Å². The van der Waals surface area contributed by atoms with E-state index in [1.165, 1.54) is 0 Å². The van der Waals surface area contributed by atoms with Crippen LogP contribution in [0.1, 0.15) is 20.4 Å². The summed E-state index contributed by atoms with van der Waals surface area (Å²) in [6, 6.07) is 12.3. The van der Waals surface area contributed by atoms with Gasteiger partial charge < -0.3 is 24.8 Å². The van der Waals surface area contributed by atoms with Crippen molar-refractivity contribution in [3.8, 4) is 11.5 Å². The summed E-state index contributed by atoms with van der Waals surface area (Å²) in [5.41, 5.74) is 1.45. The minimum Gasteiger partial charge on any atom is -0.454 e. The van der Waals surface area contributed by atoms with Gasteiger partial charge in [0, 0.05) is 17.3 Å². The Hall–Kier alpha value is -3.21. The molecule has 0 bridgehead atoms. The van der Waals surface area contributed by atoms with E-state index in [9.17, 15) is 9.59 Å². The van der Waals surface area contributed by atoms with Crippen molar-refractivity contribution in [2.75, 3.05) is 18.7 Å². The molecule has 31 heavy (non-hydrogen) atoms. The Morgan fingerprint density at radius 1 is 1.13 bits per heavy atom. The largest absolute Gasteiger partial charge is 0.454 e. The maximum absolute atomic E-state index is 12.2. The van der Waals surface area contributed by atoms with Gasteiger partial charge in [-0.2, -0.15) is 0 Å². The summed E-state index contributed by atoms with van der Waals surface area (Å²) in [6.45, 7) is 0.466. The first kappa shape index (κ1) is 21.0. The minimum absolute atomic E-state index is 0.0690. The number of carbonyl (C=O) groups excluding carboxylic acids is 2. The van der Waals surface area contributed by atoms with Crippen LogP contribution >= 0.6 is 22.9 Å². The molecule has 0 saturated heterocycles. The van der Waals surface area contributed by atoms with Crippen molar-refractivity contribution >= 4 is 40.4 Å². The molecular formula is C20H17ClN4O5S. The predicted octanol–water partition coefficient (Wildman–Crippen LogP) is 3.01. The number of hydrogen-bond donors (Lipinski definition) is 2. The fourth-order valence-corrected chi connectivity index (χ4v) is 3.55. The molecule has 0 atom stereocenters. The molecule has 9 nitrogen and oxygen atoms in total. The van der Waals surface area contributed by atoms with Crippen LogP contribution in [0.5, 0.6) is 11.5 Å². The summed E-state index contributed by atoms with van der Waals surface area (Å²) in [6.07, 6.45) is 0. The topological polar surface area (TPSA) is 112 Å². The first-order valence-corrected chi connectivity index (χ1v) is 10.4. The molecule has 0 aliphatic carbocycles. The quantitative estimate of drug-likeness (QED) is 0.531. The predicted molar refractivity (Wildman–Crippen MR) is 113 cm³/mol. The van der Waals surface area contributed by atoms with Gasteiger partial charge >= 0.3 is 0 Å². The Bertz CT molecular complexity index is 1110. The summed E-state index contributed by atoms with van der Waals surface area (Å²) in [4.78, 5) is 24.2. The average Bonchev–Trinajstić information content (AvgIpc) is 3.41. The van der Waals surface area contributed by atoms with E-state index in [-0.39, 0.29) is 30.9 Å². The highest BCUT2D eigenvalue weighted by Gasteiger charge is 2.15. The van der Waals surface area contributed by atoms with Gasteiger partial charge in [-0.15, -0.1) is 10.2 Å². The summed E-state index contributed by atoms with van der Waals surface area (Å²) in [5.74, 6) is 0.680. The van der Waals surface area contributed by atoms with Crippen molar-refractivity contribution < 1.29 is 23.8 Å². The van der Waals surface area contributed by atoms with Crippen LogP contribution in [0.3, 0.4) is 0 Å². The number of rotatable bonds is 8. The lowest BCUT2D eigenvalue weighted by molar-refractivity contribution is -0.126. The smallest absolute Gasteiger partial charge is 0.286 e. The third-order valence-electron chi connectivity index (χ3n) is 4.13. The first-order valence-electron chi connectivity index (χ1n) is 9.19. The van der Waals surface area contributed by atoms with Gasteiger partial charge in [-0.25, -0.2) is 0 Å². The fourth-order valence-electron chi connectivity index (χ4n) is 2.69. The number of carbonyl (C=O) groups is 2. The van der Waals surface area contributed by atoms with Crippen LogP contribution in [0.15, 0.2) is 42.5 Å². The zero-order chi connectivity index (χ0) is 21.6. The van der Waals surface area contributed by atoms with Crippen molar-refractivity contribution in [3.63, 3.8) is 0 Å². The van der Waals surface area contributed by atoms with Crippen LogP contribution in [0, 0.1) is 0 Å². The van der Waals surface area contributed by atoms with Crippen LogP contribution in [-0.4, -0.2) is 35.4 Å². The molecule has 2 aromatic carbocycles. The lowest BCUT2D eigenvalue weighted by atomic mass is 10.2. The number of anilines is 1. The highest BCUT2D eigenvalue weighted by atomic mass is 35.5. The van der Waals surface area contributed by atoms with Gasteiger partial charge in [-0.1, -0.05) is 35.1 Å². The SMILES string of the molecule is O=C(COCc1nnc(C(=O)Nc2cccc(Cl)c2)s1)NCc1ccc2c(c1)OCO2. The van der Waals surface area contributed by atoms with Crippen molar-refractivity contribution in [1.82, 2.24) is 15.5 Å². The monoisotopic (exact) mass is 460 g/mol. The van der Waals surface area contributed by atoms with Gasteiger partial charge in [0.2, 0.25) is 17.7 Å². The summed E-state index contributed by atoms with van der Waals surface area (Å²) < 4.78 is 15.9. The van der Waals surface area contributed by atoms with Crippen molar-refractivity contribution in [2.24, 2.45) is 0 Å². The van der Waals surface area contributed by atoms with Gasteiger partial charge in [0.15, 0.2) is 11.5 Å². The molecule has 1 aromatic heterocycles. The molecule has 0 radical (unpaired) electrons. The zero-order valence-electron chi connectivity index (χ0n) is 16.1. The Kier molecular flexibility index (Phi) is 6.60. The van der Waals surface area contributed by atoms with Gasteiger partial charge in [0.25, 0.3) is 5.91 Å². The van der Waals surface area contributed by atoms with E-state index in [1.54, 1.807) is 30.3 Å². The highest BCUT2D eigenvalue weighted by molar-refractivity contribution is 7.13. The molecule has 4 rings (SSSR count). The van der Waals surface area contributed by atoms with Gasteiger partial charge in [0.05, 0.1) is 0 Å². The van der Waals surface area contributed by atoms with E-state index in [1.807, 2.05) is 12.1 Å². The molecule has 11 heteroatoms. The molecule has 0 fully saturated rings. The molecule has 160 valence electrons. The first-order chi connectivity index (χ1) is 15.1. The molecule has 0 spiro atoms. The average molecular weight is 461 g/mol. The standard InChI is InChI=1S/C20H17ClN4O5S/c21-13-2-1-3-14(7-13)23-19(27)20-25-24-18(31-20)10-28-9-17(26)22-8-12-4-5-15-16(6-12)30-11-29-15/h1-7H,8-11H2,(H,22,26)(H,23,27). The summed E-state index contributed by atoms with van der Waals surface area (Å²) >= 11 is 6.99. The molecule has 1 aliphatic heterocycles. The highest BCUT2D eigenvalue weighted by Crippen LogP contribution is 2.32. The van der Waals surface area contributed by atoms with Gasteiger partial charge in [-0.3, -0.25) is 9.59 Å². The second-order valence-corrected chi connectivity index (χ2v) is 7.92. The molecule has 2 heterocycles. The van der Waals surface area contributed by atoms with Crippen LogP contribution in [0.25, 0.3) is 0 Å². The maximum Gasteiger partial charge on any atom is 0.286 e. The maximum atomic E-state index is 12.2. The number of hydrogen-bond acceptors (Lipinski definition) is 8. The molecule has 2 N–H and O–H groups in total. The van der Waals surface area contributed by atoms with E-state index in [0.717, 1.165) is 16.9 Å². The summed E-state index contributed by atoms with van der Waals surface area (Å²) in [5, 5.41) is 14.4. The number of ether oxygens (including phenoxy) is 3. The molecule has 2 amide bonds. The van der Waals surface area contributed by atoms with Crippen LogP contribution in [0.2, 0.25) is 5.02 Å². The number of benzene rings is 2. The van der Waals surface area contributed by atoms with Crippen LogP contribution in [-0.2, 0) is 22.7 Å². The molecule has 3 aromatic rings. The van der Waals surface area contributed by atoms with E-state index in [4.69, 9.17) is 25.8 Å².